The summed E-state index contributed by atoms with van der Waals surface area (Å²) in [7, 11) is 0. The first-order valence-corrected chi connectivity index (χ1v) is 8.79. The van der Waals surface area contributed by atoms with E-state index in [1.165, 1.54) is 5.56 Å². The second-order valence-corrected chi connectivity index (χ2v) is 7.32. The summed E-state index contributed by atoms with van der Waals surface area (Å²) in [5, 5.41) is 0. The number of hydrogen-bond donors (Lipinski definition) is 1. The van der Waals surface area contributed by atoms with Gasteiger partial charge in [-0.3, -0.25) is 9.59 Å². The molecular formula is C19H28ClN3O2. The lowest BCUT2D eigenvalue weighted by atomic mass is 10.0. The molecule has 5 nitrogen and oxygen atoms in total. The van der Waals surface area contributed by atoms with Crippen LogP contribution in [0.15, 0.2) is 12.1 Å². The van der Waals surface area contributed by atoms with Crippen LogP contribution in [0.3, 0.4) is 0 Å². The van der Waals surface area contributed by atoms with Gasteiger partial charge in [-0.15, -0.1) is 12.4 Å². The second-order valence-electron chi connectivity index (χ2n) is 7.32. The van der Waals surface area contributed by atoms with E-state index in [1.54, 1.807) is 0 Å². The van der Waals surface area contributed by atoms with Crippen LogP contribution < -0.4 is 10.6 Å². The van der Waals surface area contributed by atoms with Crippen molar-refractivity contribution in [3.8, 4) is 0 Å². The highest BCUT2D eigenvalue weighted by Gasteiger charge is 2.38. The molecule has 1 atom stereocenters. The van der Waals surface area contributed by atoms with Crippen LogP contribution in [-0.4, -0.2) is 42.4 Å². The van der Waals surface area contributed by atoms with E-state index in [1.807, 2.05) is 23.6 Å². The van der Waals surface area contributed by atoms with E-state index >= 15 is 0 Å². The molecule has 3 rings (SSSR count). The first kappa shape index (κ1) is 19.7. The lowest BCUT2D eigenvalue weighted by Gasteiger charge is -2.32. The Bertz CT molecular complexity index is 646. The third kappa shape index (κ3) is 3.98. The van der Waals surface area contributed by atoms with Gasteiger partial charge in [-0.1, -0.05) is 17.7 Å². The van der Waals surface area contributed by atoms with Gasteiger partial charge in [0.2, 0.25) is 11.8 Å². The molecule has 0 radical (unpaired) electrons. The van der Waals surface area contributed by atoms with Crippen molar-refractivity contribution in [1.29, 1.82) is 0 Å². The number of hydrogen-bond acceptors (Lipinski definition) is 3. The molecule has 25 heavy (non-hydrogen) atoms. The SMILES string of the molecule is Cc1cc(C)c(N2CC(C(=O)N3CCC(N)CC3)CC2=O)c(C)c1.Cl. The van der Waals surface area contributed by atoms with E-state index in [9.17, 15) is 9.59 Å². The van der Waals surface area contributed by atoms with E-state index in [2.05, 4.69) is 19.1 Å². The van der Waals surface area contributed by atoms with E-state index < -0.39 is 0 Å². The van der Waals surface area contributed by atoms with Gasteiger partial charge >= 0.3 is 0 Å². The van der Waals surface area contributed by atoms with Gasteiger partial charge < -0.3 is 15.5 Å². The molecule has 1 aromatic carbocycles. The van der Waals surface area contributed by atoms with Crippen LogP contribution in [0.5, 0.6) is 0 Å². The van der Waals surface area contributed by atoms with E-state index in [-0.39, 0.29) is 36.2 Å². The number of anilines is 1. The highest BCUT2D eigenvalue weighted by molar-refractivity contribution is 6.01. The topological polar surface area (TPSA) is 66.6 Å². The van der Waals surface area contributed by atoms with Crippen molar-refractivity contribution in [2.45, 2.75) is 46.1 Å². The minimum atomic E-state index is -0.230. The lowest BCUT2D eigenvalue weighted by molar-refractivity contribution is -0.136. The molecule has 6 heteroatoms. The van der Waals surface area contributed by atoms with Gasteiger partial charge in [-0.2, -0.15) is 0 Å². The number of benzene rings is 1. The van der Waals surface area contributed by atoms with E-state index in [0.717, 1.165) is 29.7 Å². The minimum Gasteiger partial charge on any atom is -0.342 e. The molecule has 0 aromatic heterocycles. The first-order chi connectivity index (χ1) is 11.4. The maximum atomic E-state index is 12.8. The van der Waals surface area contributed by atoms with Gasteiger partial charge in [-0.25, -0.2) is 0 Å². The number of carbonyl (C=O) groups excluding carboxylic acids is 2. The Morgan fingerprint density at radius 2 is 1.68 bits per heavy atom. The van der Waals surface area contributed by atoms with Gasteiger partial charge in [-0.05, 0) is 44.7 Å². The molecule has 1 unspecified atom stereocenters. The molecule has 2 aliphatic heterocycles. The number of rotatable bonds is 2. The smallest absolute Gasteiger partial charge is 0.228 e. The third-order valence-electron chi connectivity index (χ3n) is 5.23. The number of aryl methyl sites for hydroxylation is 3. The first-order valence-electron chi connectivity index (χ1n) is 8.79. The Morgan fingerprint density at radius 1 is 1.12 bits per heavy atom. The monoisotopic (exact) mass is 365 g/mol. The molecule has 2 aliphatic rings. The van der Waals surface area contributed by atoms with Crippen LogP contribution in [-0.2, 0) is 9.59 Å². The Labute approximate surface area is 155 Å². The van der Waals surface area contributed by atoms with Gasteiger partial charge in [0.15, 0.2) is 0 Å². The highest BCUT2D eigenvalue weighted by Crippen LogP contribution is 2.32. The average molecular weight is 366 g/mol. The summed E-state index contributed by atoms with van der Waals surface area (Å²) < 4.78 is 0. The van der Waals surface area contributed by atoms with Gasteiger partial charge in [0.25, 0.3) is 0 Å². The molecule has 2 heterocycles. The number of halogens is 1. The second kappa shape index (κ2) is 7.75. The van der Waals surface area contributed by atoms with Gasteiger partial charge in [0.05, 0.1) is 5.92 Å². The standard InChI is InChI=1S/C19H27N3O2.ClH/c1-12-8-13(2)18(14(3)9-12)22-11-15(10-17(22)23)19(24)21-6-4-16(20)5-7-21;/h8-9,15-16H,4-7,10-11,20H2,1-3H3;1H. The van der Waals surface area contributed by atoms with Crippen molar-refractivity contribution in [2.75, 3.05) is 24.5 Å². The molecule has 2 fully saturated rings. The zero-order valence-electron chi connectivity index (χ0n) is 15.2. The molecule has 0 bridgehead atoms. The van der Waals surface area contributed by atoms with Crippen molar-refractivity contribution >= 4 is 29.9 Å². The molecule has 2 amide bonds. The molecule has 0 spiro atoms. The van der Waals surface area contributed by atoms with Crippen LogP contribution in [0.2, 0.25) is 0 Å². The number of amides is 2. The Hall–Kier alpha value is -1.59. The summed E-state index contributed by atoms with van der Waals surface area (Å²) in [5.74, 6) is -0.0655. The summed E-state index contributed by atoms with van der Waals surface area (Å²) in [4.78, 5) is 29.0. The van der Waals surface area contributed by atoms with Gasteiger partial charge in [0.1, 0.15) is 0 Å². The molecule has 138 valence electrons. The fourth-order valence-electron chi connectivity index (χ4n) is 4.07. The van der Waals surface area contributed by atoms with Crippen molar-refractivity contribution in [3.05, 3.63) is 28.8 Å². The average Bonchev–Trinajstić information content (AvgIpc) is 2.88. The zero-order valence-corrected chi connectivity index (χ0v) is 16.1. The maximum absolute atomic E-state index is 12.8. The van der Waals surface area contributed by atoms with Crippen molar-refractivity contribution < 1.29 is 9.59 Å². The molecule has 2 saturated heterocycles. The summed E-state index contributed by atoms with van der Waals surface area (Å²) in [5.41, 5.74) is 10.3. The number of carbonyl (C=O) groups is 2. The number of nitrogens with zero attached hydrogens (tertiary/aromatic N) is 2. The van der Waals surface area contributed by atoms with E-state index in [4.69, 9.17) is 5.73 Å². The number of nitrogens with two attached hydrogens (primary N) is 1. The number of likely N-dealkylation sites (tertiary alicyclic amines) is 1. The highest BCUT2D eigenvalue weighted by atomic mass is 35.5. The fraction of sp³-hybridized carbons (Fsp3) is 0.579. The maximum Gasteiger partial charge on any atom is 0.228 e. The summed E-state index contributed by atoms with van der Waals surface area (Å²) in [6.45, 7) is 8.04. The summed E-state index contributed by atoms with van der Waals surface area (Å²) >= 11 is 0. The molecule has 1 aromatic rings. The lowest BCUT2D eigenvalue weighted by Crippen LogP contribution is -2.45. The third-order valence-corrected chi connectivity index (χ3v) is 5.23. The molecule has 0 aliphatic carbocycles. The van der Waals surface area contributed by atoms with Crippen molar-refractivity contribution in [1.82, 2.24) is 4.90 Å². The van der Waals surface area contributed by atoms with Gasteiger partial charge in [0, 0.05) is 37.8 Å². The van der Waals surface area contributed by atoms with Crippen LogP contribution in [0, 0.1) is 26.7 Å². The summed E-state index contributed by atoms with van der Waals surface area (Å²) in [6, 6.07) is 4.39. The summed E-state index contributed by atoms with van der Waals surface area (Å²) in [6.07, 6.45) is 2.02. The fourth-order valence-corrected chi connectivity index (χ4v) is 4.07. The largest absolute Gasteiger partial charge is 0.342 e. The van der Waals surface area contributed by atoms with Crippen LogP contribution in [0.4, 0.5) is 5.69 Å². The molecule has 2 N–H and O–H groups in total. The predicted molar refractivity (Wildman–Crippen MR) is 102 cm³/mol. The zero-order chi connectivity index (χ0) is 17.4. The van der Waals surface area contributed by atoms with Crippen LogP contribution >= 0.6 is 12.4 Å². The quantitative estimate of drug-likeness (QED) is 0.874. The Kier molecular flexibility index (Phi) is 6.12. The van der Waals surface area contributed by atoms with Crippen molar-refractivity contribution in [3.63, 3.8) is 0 Å². The molecular weight excluding hydrogens is 338 g/mol. The molecule has 0 saturated carbocycles. The Balaban J connectivity index is 0.00000225. The van der Waals surface area contributed by atoms with E-state index in [0.29, 0.717) is 26.1 Å². The Morgan fingerprint density at radius 3 is 2.24 bits per heavy atom. The van der Waals surface area contributed by atoms with Crippen molar-refractivity contribution in [2.24, 2.45) is 11.7 Å². The number of piperidine rings is 1. The van der Waals surface area contributed by atoms with Crippen LogP contribution in [0.25, 0.3) is 0 Å². The van der Waals surface area contributed by atoms with Crippen LogP contribution in [0.1, 0.15) is 36.0 Å². The normalized spacial score (nSPS) is 21.4. The minimum absolute atomic E-state index is 0. The predicted octanol–water partition coefficient (Wildman–Crippen LogP) is 2.34.